The molecule has 1 aliphatic heterocycles. The summed E-state index contributed by atoms with van der Waals surface area (Å²) in [4.78, 5) is 0. The Morgan fingerprint density at radius 3 is 0.971 bits per heavy atom. The van der Waals surface area contributed by atoms with Gasteiger partial charge >= 0.3 is 233 Å². The molecule has 2 rings (SSSR count). The summed E-state index contributed by atoms with van der Waals surface area (Å²) in [6, 6.07) is 0. The Bertz CT molecular complexity index is 603. The maximum atomic E-state index is 6.66. The first-order valence-corrected chi connectivity index (χ1v) is 31.3. The molecule has 0 N–H and O–H groups in total. The van der Waals surface area contributed by atoms with Crippen LogP contribution in [0.3, 0.4) is 0 Å². The molecule has 5 heteroatoms. The fourth-order valence-corrected chi connectivity index (χ4v) is 49.0. The van der Waals surface area contributed by atoms with Crippen molar-refractivity contribution in [2.24, 2.45) is 0 Å². The van der Waals surface area contributed by atoms with Crippen molar-refractivity contribution in [3.63, 3.8) is 0 Å². The van der Waals surface area contributed by atoms with Crippen LogP contribution < -0.4 is 15.3 Å². The molecule has 0 spiro atoms. The molecule has 0 amide bonds. The van der Waals surface area contributed by atoms with Crippen molar-refractivity contribution in [3.05, 3.63) is 0 Å². The van der Waals surface area contributed by atoms with Crippen LogP contribution in [-0.2, 0) is 0 Å². The zero-order chi connectivity index (χ0) is 25.6. The summed E-state index contributed by atoms with van der Waals surface area (Å²) in [5.74, 6) is 2.61. The number of thiophene rings is 1. The molecule has 0 saturated carbocycles. The van der Waals surface area contributed by atoms with E-state index in [4.69, 9.17) is 9.47 Å². The minimum atomic E-state index is -2.59. The Hall–Kier alpha value is 0.897. The van der Waals surface area contributed by atoms with Crippen LogP contribution in [0.5, 0.6) is 11.5 Å². The van der Waals surface area contributed by atoms with Gasteiger partial charge in [-0.1, -0.05) is 0 Å². The molecule has 0 bridgehead atoms. The molecule has 0 saturated heterocycles. The molecule has 1 aliphatic rings. The Morgan fingerprint density at radius 2 is 0.743 bits per heavy atom. The molecule has 1 aromatic heterocycles. The fourth-order valence-electron chi connectivity index (χ4n) is 6.17. The number of rotatable bonds is 20. The Morgan fingerprint density at radius 1 is 0.486 bits per heavy atom. The number of unbranched alkanes of at least 4 members (excludes halogenated alkanes) is 6. The zero-order valence-corrected chi connectivity index (χ0v) is 30.9. The topological polar surface area (TPSA) is 18.5 Å². The van der Waals surface area contributed by atoms with E-state index in [1.54, 1.807) is 0 Å². The van der Waals surface area contributed by atoms with Gasteiger partial charge in [-0.3, -0.25) is 0 Å². The van der Waals surface area contributed by atoms with Crippen molar-refractivity contribution < 1.29 is 9.47 Å². The molecule has 2 heterocycles. The summed E-state index contributed by atoms with van der Waals surface area (Å²) in [5, 5.41) is 0. The van der Waals surface area contributed by atoms with Gasteiger partial charge in [0, 0.05) is 0 Å². The molecule has 1 aromatic rings. The number of hydrogen-bond donors (Lipinski definition) is 0. The Labute approximate surface area is 231 Å². The Kier molecular flexibility index (Phi) is 16.0. The van der Waals surface area contributed by atoms with Crippen LogP contribution in [-0.4, -0.2) is 50.0 Å². The fraction of sp³-hybridized carbons (Fsp3) is 0.867. The van der Waals surface area contributed by atoms with Crippen LogP contribution in [0.4, 0.5) is 0 Å². The molecule has 35 heavy (non-hydrogen) atoms. The quantitative estimate of drug-likeness (QED) is 0.125. The molecule has 2 nitrogen and oxygen atoms in total. The summed E-state index contributed by atoms with van der Waals surface area (Å²) in [5.41, 5.74) is 0. The van der Waals surface area contributed by atoms with Gasteiger partial charge in [0.1, 0.15) is 0 Å². The molecule has 0 aromatic carbocycles. The molecule has 0 radical (unpaired) electrons. The van der Waals surface area contributed by atoms with E-state index < -0.39 is 36.8 Å². The van der Waals surface area contributed by atoms with Gasteiger partial charge in [0.2, 0.25) is 0 Å². The molecular weight excluding hydrogens is 662 g/mol. The first-order valence-electron chi connectivity index (χ1n) is 15.5. The van der Waals surface area contributed by atoms with Gasteiger partial charge in [-0.2, -0.15) is 0 Å². The van der Waals surface area contributed by atoms with E-state index in [9.17, 15) is 0 Å². The van der Waals surface area contributed by atoms with Gasteiger partial charge in [-0.25, -0.2) is 0 Å². The van der Waals surface area contributed by atoms with E-state index in [0.717, 1.165) is 13.2 Å². The second-order valence-electron chi connectivity index (χ2n) is 11.3. The first-order chi connectivity index (χ1) is 17.1. The third-order valence-electron chi connectivity index (χ3n) is 8.42. The van der Waals surface area contributed by atoms with Crippen molar-refractivity contribution in [3.8, 4) is 11.5 Å². The van der Waals surface area contributed by atoms with E-state index >= 15 is 0 Å². The van der Waals surface area contributed by atoms with E-state index in [2.05, 4.69) is 52.9 Å². The molecule has 0 unspecified atom stereocenters. The van der Waals surface area contributed by atoms with Crippen molar-refractivity contribution >= 4 is 53.9 Å². The summed E-state index contributed by atoms with van der Waals surface area (Å²) >= 11 is -2.86. The van der Waals surface area contributed by atoms with Gasteiger partial charge in [0.25, 0.3) is 0 Å². The van der Waals surface area contributed by atoms with Crippen LogP contribution in [0, 0.1) is 0 Å². The van der Waals surface area contributed by atoms with Crippen LogP contribution in [0.15, 0.2) is 0 Å². The second kappa shape index (κ2) is 17.5. The standard InChI is InChI=1S/C6H4O2S.6C4H9.2Sn/c1-2-8-6-4-9-3-5(6)7-1;6*1-3-4-2;;/h1-2H2;6*1,3-4H2,2H3;;. The summed E-state index contributed by atoms with van der Waals surface area (Å²) < 4.78 is 26.2. The second-order valence-corrected chi connectivity index (χ2v) is 40.4. The maximum absolute atomic E-state index is 6.66. The van der Waals surface area contributed by atoms with Crippen LogP contribution in [0.1, 0.15) is 119 Å². The first kappa shape index (κ1) is 32.1. The predicted octanol–water partition coefficient (Wildman–Crippen LogP) is 9.63. The minimum absolute atomic E-state index is 0.759. The number of ether oxygens (including phenoxy) is 2. The van der Waals surface area contributed by atoms with Crippen molar-refractivity contribution in [1.29, 1.82) is 0 Å². The predicted molar refractivity (Wildman–Crippen MR) is 164 cm³/mol. The number of fused-ring (bicyclic) bond motifs is 1. The molecule has 204 valence electrons. The van der Waals surface area contributed by atoms with E-state index in [0.29, 0.717) is 0 Å². The van der Waals surface area contributed by atoms with Gasteiger partial charge in [0.15, 0.2) is 0 Å². The van der Waals surface area contributed by atoms with Crippen LogP contribution in [0.25, 0.3) is 0 Å². The van der Waals surface area contributed by atoms with Gasteiger partial charge in [-0.05, 0) is 0 Å². The summed E-state index contributed by atoms with van der Waals surface area (Å²) in [6.07, 6.45) is 16.5. The SMILES string of the molecule is CCC[CH2][Sn]([CH2]CCC)([CH2]CCC)[c]1s[c]([Sn]([CH2]CCC)([CH2]CCC)[CH2]CCC)c2c1OCCO2. The van der Waals surface area contributed by atoms with E-state index in [-0.39, 0.29) is 0 Å². The molecular formula is C30H58O2SSn2. The summed E-state index contributed by atoms with van der Waals surface area (Å²) in [7, 11) is 0. The average Bonchev–Trinajstić information content (AvgIpc) is 3.29. The normalized spacial score (nSPS) is 14.0. The third-order valence-corrected chi connectivity index (χ3v) is 46.0. The van der Waals surface area contributed by atoms with E-state index in [1.165, 1.54) is 115 Å². The van der Waals surface area contributed by atoms with Gasteiger partial charge < -0.3 is 0 Å². The van der Waals surface area contributed by atoms with Crippen molar-refractivity contribution in [1.82, 2.24) is 0 Å². The molecule has 0 aliphatic carbocycles. The van der Waals surface area contributed by atoms with E-state index in [1.807, 2.05) is 5.79 Å². The van der Waals surface area contributed by atoms with Gasteiger partial charge in [0.05, 0.1) is 0 Å². The average molecular weight is 720 g/mol. The Balaban J connectivity index is 2.71. The van der Waals surface area contributed by atoms with Crippen molar-refractivity contribution in [2.75, 3.05) is 13.2 Å². The number of hydrogen-bond acceptors (Lipinski definition) is 3. The third kappa shape index (κ3) is 8.70. The van der Waals surface area contributed by atoms with Crippen molar-refractivity contribution in [2.45, 2.75) is 145 Å². The molecule has 0 fully saturated rings. The summed E-state index contributed by atoms with van der Waals surface area (Å²) in [6.45, 7) is 15.9. The van der Waals surface area contributed by atoms with Gasteiger partial charge in [-0.15, -0.1) is 0 Å². The monoisotopic (exact) mass is 722 g/mol. The molecule has 0 atom stereocenters. The van der Waals surface area contributed by atoms with Crippen LogP contribution >= 0.6 is 11.3 Å². The van der Waals surface area contributed by atoms with Crippen LogP contribution in [0.2, 0.25) is 26.6 Å². The zero-order valence-electron chi connectivity index (χ0n) is 24.4.